The number of carboxylic acids is 1. The molecule has 2 N–H and O–H groups in total. The smallest absolute Gasteiger partial charge is 0.326 e. The van der Waals surface area contributed by atoms with Gasteiger partial charge < -0.3 is 10.4 Å². The van der Waals surface area contributed by atoms with E-state index in [1.54, 1.807) is 6.07 Å². The Labute approximate surface area is 122 Å². The SMILES string of the molecule is N#CCCCC[C@@H](NC(=O)Cc1cccc(F)c1)C(=O)O. The molecule has 5 nitrogen and oxygen atoms in total. The molecule has 0 saturated heterocycles. The fourth-order valence-corrected chi connectivity index (χ4v) is 1.89. The van der Waals surface area contributed by atoms with Crippen molar-refractivity contribution in [3.05, 3.63) is 35.6 Å². The van der Waals surface area contributed by atoms with Gasteiger partial charge in [-0.2, -0.15) is 5.26 Å². The number of carbonyl (C=O) groups excluding carboxylic acids is 1. The van der Waals surface area contributed by atoms with Gasteiger partial charge in [0.05, 0.1) is 12.5 Å². The molecule has 112 valence electrons. The molecule has 21 heavy (non-hydrogen) atoms. The molecule has 0 fully saturated rings. The summed E-state index contributed by atoms with van der Waals surface area (Å²) in [6, 6.07) is 6.61. The van der Waals surface area contributed by atoms with Crippen molar-refractivity contribution >= 4 is 11.9 Å². The Kier molecular flexibility index (Phi) is 6.88. The van der Waals surface area contributed by atoms with Crippen LogP contribution in [0.5, 0.6) is 0 Å². The normalized spacial score (nSPS) is 11.4. The Morgan fingerprint density at radius 2 is 2.14 bits per heavy atom. The highest BCUT2D eigenvalue weighted by Gasteiger charge is 2.19. The minimum Gasteiger partial charge on any atom is -0.480 e. The number of aliphatic carboxylic acids is 1. The number of carbonyl (C=O) groups is 2. The predicted molar refractivity (Wildman–Crippen MR) is 73.8 cm³/mol. The van der Waals surface area contributed by atoms with Crippen LogP contribution in [0.3, 0.4) is 0 Å². The van der Waals surface area contributed by atoms with Crippen molar-refractivity contribution in [2.75, 3.05) is 0 Å². The lowest BCUT2D eigenvalue weighted by Crippen LogP contribution is -2.41. The standard InChI is InChI=1S/C15H17FN2O3/c16-12-6-4-5-11(9-12)10-14(19)18-13(15(20)21)7-2-1-3-8-17/h4-6,9,13H,1-3,7,10H2,(H,18,19)(H,20,21)/t13-/m1/s1. The van der Waals surface area contributed by atoms with E-state index < -0.39 is 23.7 Å². The van der Waals surface area contributed by atoms with Crippen molar-refractivity contribution in [1.82, 2.24) is 5.32 Å². The van der Waals surface area contributed by atoms with Crippen LogP contribution >= 0.6 is 0 Å². The van der Waals surface area contributed by atoms with Crippen LogP contribution in [-0.4, -0.2) is 23.0 Å². The van der Waals surface area contributed by atoms with E-state index in [4.69, 9.17) is 10.4 Å². The Hall–Kier alpha value is -2.42. The zero-order valence-corrected chi connectivity index (χ0v) is 11.5. The second kappa shape index (κ2) is 8.69. The summed E-state index contributed by atoms with van der Waals surface area (Å²) in [5.41, 5.74) is 0.487. The summed E-state index contributed by atoms with van der Waals surface area (Å²) in [5, 5.41) is 19.9. The molecule has 0 heterocycles. The number of hydrogen-bond acceptors (Lipinski definition) is 3. The highest BCUT2D eigenvalue weighted by Crippen LogP contribution is 2.07. The molecule has 1 rings (SSSR count). The van der Waals surface area contributed by atoms with Crippen molar-refractivity contribution in [1.29, 1.82) is 5.26 Å². The lowest BCUT2D eigenvalue weighted by molar-refractivity contribution is -0.142. The van der Waals surface area contributed by atoms with Crippen LogP contribution in [0.4, 0.5) is 4.39 Å². The molecule has 0 aliphatic heterocycles. The molecular weight excluding hydrogens is 275 g/mol. The maximum Gasteiger partial charge on any atom is 0.326 e. The number of rotatable bonds is 8. The summed E-state index contributed by atoms with van der Waals surface area (Å²) in [6.07, 6.45) is 1.71. The van der Waals surface area contributed by atoms with Gasteiger partial charge in [0.25, 0.3) is 0 Å². The molecule has 0 bridgehead atoms. The second-order valence-electron chi connectivity index (χ2n) is 4.67. The first-order valence-corrected chi connectivity index (χ1v) is 6.66. The van der Waals surface area contributed by atoms with Gasteiger partial charge in [0.15, 0.2) is 0 Å². The van der Waals surface area contributed by atoms with Gasteiger partial charge in [-0.3, -0.25) is 4.79 Å². The van der Waals surface area contributed by atoms with Gasteiger partial charge >= 0.3 is 5.97 Å². The quantitative estimate of drug-likeness (QED) is 0.717. The van der Waals surface area contributed by atoms with Gasteiger partial charge in [0, 0.05) is 6.42 Å². The summed E-state index contributed by atoms with van der Waals surface area (Å²) in [4.78, 5) is 22.8. The third-order valence-electron chi connectivity index (χ3n) is 2.92. The van der Waals surface area contributed by atoms with E-state index in [0.29, 0.717) is 24.8 Å². The average Bonchev–Trinajstić information content (AvgIpc) is 2.42. The van der Waals surface area contributed by atoms with Gasteiger partial charge in [-0.15, -0.1) is 0 Å². The minimum absolute atomic E-state index is 0.0697. The van der Waals surface area contributed by atoms with Gasteiger partial charge in [-0.25, -0.2) is 9.18 Å². The molecule has 1 atom stereocenters. The first-order valence-electron chi connectivity index (χ1n) is 6.66. The van der Waals surface area contributed by atoms with Crippen LogP contribution in [0.25, 0.3) is 0 Å². The summed E-state index contributed by atoms with van der Waals surface area (Å²) >= 11 is 0. The highest BCUT2D eigenvalue weighted by molar-refractivity contribution is 5.84. The van der Waals surface area contributed by atoms with E-state index in [1.807, 2.05) is 6.07 Å². The van der Waals surface area contributed by atoms with Crippen LogP contribution in [-0.2, 0) is 16.0 Å². The summed E-state index contributed by atoms with van der Waals surface area (Å²) in [6.45, 7) is 0. The molecule has 6 heteroatoms. The number of amides is 1. The largest absolute Gasteiger partial charge is 0.480 e. The summed E-state index contributed by atoms with van der Waals surface area (Å²) in [7, 11) is 0. The summed E-state index contributed by atoms with van der Waals surface area (Å²) in [5.74, 6) is -2.01. The Morgan fingerprint density at radius 3 is 2.76 bits per heavy atom. The molecule has 0 unspecified atom stereocenters. The van der Waals surface area contributed by atoms with E-state index in [9.17, 15) is 14.0 Å². The number of hydrogen-bond donors (Lipinski definition) is 2. The average molecular weight is 292 g/mol. The number of halogens is 1. The van der Waals surface area contributed by atoms with E-state index in [-0.39, 0.29) is 12.8 Å². The van der Waals surface area contributed by atoms with Gasteiger partial charge in [0.1, 0.15) is 11.9 Å². The zero-order valence-electron chi connectivity index (χ0n) is 11.5. The Morgan fingerprint density at radius 1 is 1.38 bits per heavy atom. The topological polar surface area (TPSA) is 90.2 Å². The molecule has 1 aromatic carbocycles. The van der Waals surface area contributed by atoms with Crippen molar-refractivity contribution in [2.24, 2.45) is 0 Å². The molecule has 0 saturated carbocycles. The zero-order chi connectivity index (χ0) is 15.7. The van der Waals surface area contributed by atoms with Crippen LogP contribution in [0.2, 0.25) is 0 Å². The molecular formula is C15H17FN2O3. The predicted octanol–water partition coefficient (Wildman–Crippen LogP) is 2.02. The first kappa shape index (κ1) is 16.6. The third kappa shape index (κ3) is 6.52. The van der Waals surface area contributed by atoms with Crippen LogP contribution in [0.1, 0.15) is 31.2 Å². The lowest BCUT2D eigenvalue weighted by atomic mass is 10.1. The number of carboxylic acid groups (broad SMARTS) is 1. The molecule has 0 aliphatic carbocycles. The molecule has 0 radical (unpaired) electrons. The van der Waals surface area contributed by atoms with E-state index >= 15 is 0 Å². The summed E-state index contributed by atoms with van der Waals surface area (Å²) < 4.78 is 13.0. The Balaban J connectivity index is 2.49. The monoisotopic (exact) mass is 292 g/mol. The van der Waals surface area contributed by atoms with Crippen LogP contribution in [0, 0.1) is 17.1 Å². The fourth-order valence-electron chi connectivity index (χ4n) is 1.89. The Bertz CT molecular complexity index is 540. The van der Waals surface area contributed by atoms with E-state index in [1.165, 1.54) is 18.2 Å². The van der Waals surface area contributed by atoms with E-state index in [0.717, 1.165) is 0 Å². The first-order chi connectivity index (χ1) is 10.0. The molecule has 1 aromatic rings. The molecule has 0 spiro atoms. The molecule has 0 aromatic heterocycles. The third-order valence-corrected chi connectivity index (χ3v) is 2.92. The van der Waals surface area contributed by atoms with Crippen molar-refractivity contribution in [3.63, 3.8) is 0 Å². The molecule has 1 amide bonds. The highest BCUT2D eigenvalue weighted by atomic mass is 19.1. The van der Waals surface area contributed by atoms with Crippen LogP contribution < -0.4 is 5.32 Å². The maximum atomic E-state index is 13.0. The number of nitrogens with one attached hydrogen (secondary N) is 1. The van der Waals surface area contributed by atoms with Crippen LogP contribution in [0.15, 0.2) is 24.3 Å². The van der Waals surface area contributed by atoms with E-state index in [2.05, 4.69) is 5.32 Å². The van der Waals surface area contributed by atoms with Gasteiger partial charge in [-0.1, -0.05) is 12.1 Å². The number of nitriles is 1. The maximum absolute atomic E-state index is 13.0. The van der Waals surface area contributed by atoms with Gasteiger partial charge in [0.2, 0.25) is 5.91 Å². The molecule has 0 aliphatic rings. The van der Waals surface area contributed by atoms with Crippen molar-refractivity contribution in [3.8, 4) is 6.07 Å². The van der Waals surface area contributed by atoms with Crippen molar-refractivity contribution < 1.29 is 19.1 Å². The number of benzene rings is 1. The minimum atomic E-state index is -1.11. The second-order valence-corrected chi connectivity index (χ2v) is 4.67. The van der Waals surface area contributed by atoms with Crippen molar-refractivity contribution in [2.45, 2.75) is 38.1 Å². The number of nitrogens with zero attached hydrogens (tertiary/aromatic N) is 1. The fraction of sp³-hybridized carbons (Fsp3) is 0.400. The lowest BCUT2D eigenvalue weighted by Gasteiger charge is -2.14. The van der Waals surface area contributed by atoms with Gasteiger partial charge in [-0.05, 0) is 37.0 Å². The number of unbranched alkanes of at least 4 members (excludes halogenated alkanes) is 2.